The van der Waals surface area contributed by atoms with Crippen molar-refractivity contribution in [3.8, 4) is 11.1 Å². The molecule has 160 valence electrons. The lowest BCUT2D eigenvalue weighted by Gasteiger charge is -2.25. The smallest absolute Gasteiger partial charge is 0.0387 e. The van der Waals surface area contributed by atoms with Crippen LogP contribution >= 0.6 is 0 Å². The van der Waals surface area contributed by atoms with Crippen LogP contribution in [0.5, 0.6) is 0 Å². The molecule has 3 aromatic carbocycles. The molecule has 1 N–H and O–H groups in total. The van der Waals surface area contributed by atoms with Gasteiger partial charge in [0.2, 0.25) is 0 Å². The normalized spacial score (nSPS) is 17.5. The second-order valence-electron chi connectivity index (χ2n) is 11.1. The Kier molecular flexibility index (Phi) is 4.77. The molecule has 31 heavy (non-hydrogen) atoms. The maximum absolute atomic E-state index is 3.65. The molecule has 0 saturated heterocycles. The topological polar surface area (TPSA) is 12.0 Å². The van der Waals surface area contributed by atoms with Crippen molar-refractivity contribution in [3.63, 3.8) is 0 Å². The van der Waals surface area contributed by atoms with Crippen LogP contribution in [0.25, 0.3) is 11.1 Å². The summed E-state index contributed by atoms with van der Waals surface area (Å²) in [5, 5.41) is 3.65. The number of hydrogen-bond donors (Lipinski definition) is 1. The highest BCUT2D eigenvalue weighted by atomic mass is 14.9. The van der Waals surface area contributed by atoms with E-state index < -0.39 is 0 Å². The minimum Gasteiger partial charge on any atom is -0.356 e. The molecule has 0 aromatic heterocycles. The van der Waals surface area contributed by atoms with E-state index >= 15 is 0 Å². The maximum Gasteiger partial charge on any atom is 0.0387 e. The maximum atomic E-state index is 3.65. The third kappa shape index (κ3) is 3.59. The van der Waals surface area contributed by atoms with Gasteiger partial charge in [-0.1, -0.05) is 83.9 Å². The summed E-state index contributed by atoms with van der Waals surface area (Å²) in [7, 11) is 0. The van der Waals surface area contributed by atoms with Gasteiger partial charge in [-0.25, -0.2) is 0 Å². The summed E-state index contributed by atoms with van der Waals surface area (Å²) in [6.45, 7) is 11.6. The van der Waals surface area contributed by atoms with Crippen LogP contribution in [0.15, 0.2) is 60.7 Å². The van der Waals surface area contributed by atoms with Gasteiger partial charge in [0, 0.05) is 16.8 Å². The highest BCUT2D eigenvalue weighted by Gasteiger charge is 2.36. The molecule has 0 heterocycles. The second-order valence-corrected chi connectivity index (χ2v) is 11.1. The zero-order valence-electron chi connectivity index (χ0n) is 19.7. The van der Waals surface area contributed by atoms with Crippen molar-refractivity contribution < 1.29 is 0 Å². The molecule has 1 nitrogen and oxygen atoms in total. The summed E-state index contributed by atoms with van der Waals surface area (Å²) in [4.78, 5) is 0. The van der Waals surface area contributed by atoms with Gasteiger partial charge in [0.15, 0.2) is 0 Å². The predicted molar refractivity (Wildman–Crippen MR) is 134 cm³/mol. The minimum absolute atomic E-state index is 0.00987. The Morgan fingerprint density at radius 2 is 1.32 bits per heavy atom. The van der Waals surface area contributed by atoms with E-state index in [2.05, 4.69) is 101 Å². The van der Waals surface area contributed by atoms with E-state index in [4.69, 9.17) is 0 Å². The molecule has 5 rings (SSSR count). The molecule has 0 spiro atoms. The van der Waals surface area contributed by atoms with E-state index in [0.717, 1.165) is 5.92 Å². The number of benzene rings is 3. The Morgan fingerprint density at radius 3 is 1.97 bits per heavy atom. The fourth-order valence-corrected chi connectivity index (χ4v) is 5.55. The van der Waals surface area contributed by atoms with E-state index in [1.54, 1.807) is 0 Å². The number of rotatable bonds is 3. The fraction of sp³-hybridized carbons (Fsp3) is 0.400. The first-order chi connectivity index (χ1) is 14.7. The van der Waals surface area contributed by atoms with Crippen molar-refractivity contribution >= 4 is 11.4 Å². The molecule has 2 aliphatic rings. The van der Waals surface area contributed by atoms with Crippen LogP contribution in [0.2, 0.25) is 0 Å². The highest BCUT2D eigenvalue weighted by Crippen LogP contribution is 2.50. The molecule has 0 radical (unpaired) electrons. The Morgan fingerprint density at radius 1 is 0.742 bits per heavy atom. The third-order valence-corrected chi connectivity index (χ3v) is 7.57. The second kappa shape index (κ2) is 7.26. The van der Waals surface area contributed by atoms with Gasteiger partial charge in [0.05, 0.1) is 0 Å². The molecule has 1 fully saturated rings. The fourth-order valence-electron chi connectivity index (χ4n) is 5.55. The van der Waals surface area contributed by atoms with Crippen molar-refractivity contribution in [1.82, 2.24) is 0 Å². The monoisotopic (exact) mass is 409 g/mol. The van der Waals surface area contributed by atoms with E-state index in [1.807, 2.05) is 0 Å². The van der Waals surface area contributed by atoms with Gasteiger partial charge in [-0.2, -0.15) is 0 Å². The first-order valence-electron chi connectivity index (χ1n) is 11.9. The summed E-state index contributed by atoms with van der Waals surface area (Å²) in [6, 6.07) is 23.1. The Bertz CT molecular complexity index is 1110. The van der Waals surface area contributed by atoms with Gasteiger partial charge in [-0.3, -0.25) is 0 Å². The SMILES string of the molecule is CC(C)(C)c1ccc2c(c1)C(C)(C)c1cc(Nc3ccc(C4CCCC4)cc3)ccc1-2. The average molecular weight is 410 g/mol. The summed E-state index contributed by atoms with van der Waals surface area (Å²) in [5.74, 6) is 0.770. The molecular formula is C30H35N. The summed E-state index contributed by atoms with van der Waals surface area (Å²) in [6.07, 6.45) is 5.47. The van der Waals surface area contributed by atoms with Crippen molar-refractivity contribution in [3.05, 3.63) is 82.9 Å². The number of hydrogen-bond acceptors (Lipinski definition) is 1. The third-order valence-electron chi connectivity index (χ3n) is 7.57. The number of nitrogens with one attached hydrogen (secondary N) is 1. The highest BCUT2D eigenvalue weighted by molar-refractivity contribution is 5.83. The number of fused-ring (bicyclic) bond motifs is 3. The van der Waals surface area contributed by atoms with Crippen LogP contribution in [0, 0.1) is 0 Å². The lowest BCUT2D eigenvalue weighted by atomic mass is 9.79. The Hall–Kier alpha value is -2.54. The van der Waals surface area contributed by atoms with Gasteiger partial charge in [-0.05, 0) is 81.8 Å². The van der Waals surface area contributed by atoms with E-state index in [1.165, 1.54) is 70.4 Å². The zero-order valence-corrected chi connectivity index (χ0v) is 19.7. The van der Waals surface area contributed by atoms with Crippen molar-refractivity contribution in [2.75, 3.05) is 5.32 Å². The Balaban J connectivity index is 1.43. The zero-order chi connectivity index (χ0) is 21.8. The molecule has 0 unspecified atom stereocenters. The summed E-state index contributed by atoms with van der Waals surface area (Å²) < 4.78 is 0. The van der Waals surface area contributed by atoms with Gasteiger partial charge >= 0.3 is 0 Å². The molecule has 0 amide bonds. The van der Waals surface area contributed by atoms with Gasteiger partial charge in [0.1, 0.15) is 0 Å². The quantitative estimate of drug-likeness (QED) is 0.456. The molecule has 3 aromatic rings. The average Bonchev–Trinajstić information content (AvgIpc) is 3.34. The lowest BCUT2D eigenvalue weighted by molar-refractivity contribution is 0.584. The lowest BCUT2D eigenvalue weighted by Crippen LogP contribution is -2.17. The van der Waals surface area contributed by atoms with E-state index in [0.29, 0.717) is 0 Å². The van der Waals surface area contributed by atoms with Gasteiger partial charge in [0.25, 0.3) is 0 Å². The van der Waals surface area contributed by atoms with Gasteiger partial charge in [-0.15, -0.1) is 0 Å². The molecule has 0 atom stereocenters. The molecule has 2 aliphatic carbocycles. The number of anilines is 2. The standard InChI is InChI=1S/C30H35N/c1-29(2,3)22-12-16-25-26-17-15-24(19-28(26)30(4,5)27(25)18-22)31-23-13-10-21(11-14-23)20-8-6-7-9-20/h10-20,31H,6-9H2,1-5H3. The van der Waals surface area contributed by atoms with Crippen LogP contribution in [-0.4, -0.2) is 0 Å². The van der Waals surface area contributed by atoms with Crippen LogP contribution in [0.4, 0.5) is 11.4 Å². The molecule has 1 saturated carbocycles. The predicted octanol–water partition coefficient (Wildman–Crippen LogP) is 8.69. The van der Waals surface area contributed by atoms with Crippen LogP contribution in [-0.2, 0) is 10.8 Å². The van der Waals surface area contributed by atoms with Crippen molar-refractivity contribution in [1.29, 1.82) is 0 Å². The summed E-state index contributed by atoms with van der Waals surface area (Å²) >= 11 is 0. The van der Waals surface area contributed by atoms with Crippen LogP contribution < -0.4 is 5.32 Å². The Labute approximate surface area is 187 Å². The van der Waals surface area contributed by atoms with Crippen LogP contribution in [0.1, 0.15) is 88.5 Å². The molecule has 0 aliphatic heterocycles. The summed E-state index contributed by atoms with van der Waals surface area (Å²) in [5.41, 5.74) is 11.1. The largest absolute Gasteiger partial charge is 0.356 e. The van der Waals surface area contributed by atoms with Crippen LogP contribution in [0.3, 0.4) is 0 Å². The first kappa shape index (κ1) is 20.4. The molecule has 1 heteroatoms. The minimum atomic E-state index is 0.00987. The first-order valence-corrected chi connectivity index (χ1v) is 11.9. The van der Waals surface area contributed by atoms with E-state index in [9.17, 15) is 0 Å². The molecule has 0 bridgehead atoms. The van der Waals surface area contributed by atoms with E-state index in [-0.39, 0.29) is 10.8 Å². The van der Waals surface area contributed by atoms with Crippen molar-refractivity contribution in [2.24, 2.45) is 0 Å². The van der Waals surface area contributed by atoms with Gasteiger partial charge < -0.3 is 5.32 Å². The molecular weight excluding hydrogens is 374 g/mol. The van der Waals surface area contributed by atoms with Crippen molar-refractivity contribution in [2.45, 2.75) is 77.0 Å².